The first-order chi connectivity index (χ1) is 15.1. The van der Waals surface area contributed by atoms with Crippen molar-refractivity contribution in [3.05, 3.63) is 0 Å². The zero-order valence-electron chi connectivity index (χ0n) is 18.2. The number of hydrogen-bond acceptors (Lipinski definition) is 8. The zero-order valence-corrected chi connectivity index (χ0v) is 18.2. The fourth-order valence-corrected chi connectivity index (χ4v) is 2.57. The Morgan fingerprint density at radius 1 is 0.758 bits per heavy atom. The number of carboxylic acid groups (broad SMARTS) is 2. The first kappa shape index (κ1) is 29.2. The Kier molecular flexibility index (Phi) is 12.1. The largest absolute Gasteiger partial charge is 0.481 e. The summed E-state index contributed by atoms with van der Waals surface area (Å²) >= 11 is 0. The van der Waals surface area contributed by atoms with Gasteiger partial charge in [0.05, 0.1) is 18.9 Å². The second-order valence-corrected chi connectivity index (χ2v) is 7.57. The highest BCUT2D eigenvalue weighted by Crippen LogP contribution is 2.06. The van der Waals surface area contributed by atoms with E-state index >= 15 is 0 Å². The summed E-state index contributed by atoms with van der Waals surface area (Å²) in [5.41, 5.74) is 15.6. The number of carbonyl (C=O) groups excluding carboxylic acids is 5. The lowest BCUT2D eigenvalue weighted by Gasteiger charge is -2.26. The van der Waals surface area contributed by atoms with Gasteiger partial charge in [-0.05, 0) is 12.3 Å². The summed E-state index contributed by atoms with van der Waals surface area (Å²) < 4.78 is 0. The molecule has 0 saturated carbocycles. The van der Waals surface area contributed by atoms with Crippen molar-refractivity contribution in [3.63, 3.8) is 0 Å². The van der Waals surface area contributed by atoms with Crippen LogP contribution in [0, 0.1) is 5.92 Å². The number of rotatable bonds is 15. The van der Waals surface area contributed by atoms with E-state index in [0.717, 1.165) is 0 Å². The van der Waals surface area contributed by atoms with Crippen LogP contribution in [-0.4, -0.2) is 75.9 Å². The van der Waals surface area contributed by atoms with Gasteiger partial charge in [0.15, 0.2) is 0 Å². The molecular weight excluding hydrogens is 444 g/mol. The number of carboxylic acids is 2. The van der Waals surface area contributed by atoms with Crippen LogP contribution in [0.1, 0.15) is 39.5 Å². The van der Waals surface area contributed by atoms with E-state index in [1.54, 1.807) is 13.8 Å². The van der Waals surface area contributed by atoms with Gasteiger partial charge in [0.25, 0.3) is 0 Å². The van der Waals surface area contributed by atoms with Gasteiger partial charge in [-0.3, -0.25) is 28.8 Å². The molecule has 0 rings (SSSR count). The number of nitrogens with two attached hydrogens (primary N) is 3. The first-order valence-corrected chi connectivity index (χ1v) is 9.83. The molecule has 0 aliphatic carbocycles. The molecule has 33 heavy (non-hydrogen) atoms. The molecule has 0 spiro atoms. The molecule has 0 radical (unpaired) electrons. The molecule has 0 aliphatic rings. The molecule has 0 aliphatic heterocycles. The molecule has 0 aromatic rings. The topological polar surface area (TPSA) is 274 Å². The quantitative estimate of drug-likeness (QED) is 0.114. The van der Waals surface area contributed by atoms with E-state index in [2.05, 4.69) is 10.6 Å². The first-order valence-electron chi connectivity index (χ1n) is 9.83. The van der Waals surface area contributed by atoms with Crippen molar-refractivity contribution in [2.75, 3.05) is 0 Å². The fraction of sp³-hybridized carbons (Fsp3) is 0.611. The lowest BCUT2D eigenvalue weighted by atomic mass is 10.0. The van der Waals surface area contributed by atoms with Gasteiger partial charge >= 0.3 is 11.9 Å². The molecule has 0 aromatic heterocycles. The van der Waals surface area contributed by atoms with Gasteiger partial charge < -0.3 is 43.4 Å². The molecule has 15 heteroatoms. The van der Waals surface area contributed by atoms with Crippen molar-refractivity contribution in [1.82, 2.24) is 16.0 Å². The van der Waals surface area contributed by atoms with Gasteiger partial charge in [-0.2, -0.15) is 0 Å². The summed E-state index contributed by atoms with van der Waals surface area (Å²) in [5.74, 6) is -8.05. The van der Waals surface area contributed by atoms with E-state index in [4.69, 9.17) is 22.3 Å². The Labute approximate surface area is 188 Å². The van der Waals surface area contributed by atoms with Crippen molar-refractivity contribution < 1.29 is 43.8 Å². The predicted molar refractivity (Wildman–Crippen MR) is 111 cm³/mol. The Bertz CT molecular complexity index is 785. The van der Waals surface area contributed by atoms with Crippen LogP contribution < -0.4 is 33.2 Å². The number of primary amides is 2. The second kappa shape index (κ2) is 13.6. The highest BCUT2D eigenvalue weighted by Gasteiger charge is 2.32. The van der Waals surface area contributed by atoms with Crippen LogP contribution in [0.2, 0.25) is 0 Å². The lowest BCUT2D eigenvalue weighted by molar-refractivity contribution is -0.143. The molecule has 15 nitrogen and oxygen atoms in total. The zero-order chi connectivity index (χ0) is 25.9. The van der Waals surface area contributed by atoms with Crippen LogP contribution in [0.5, 0.6) is 0 Å². The van der Waals surface area contributed by atoms with E-state index in [0.29, 0.717) is 0 Å². The summed E-state index contributed by atoms with van der Waals surface area (Å²) in [5, 5.41) is 24.5. The normalized spacial score (nSPS) is 14.3. The second-order valence-electron chi connectivity index (χ2n) is 7.57. The Hall–Kier alpha value is -3.75. The minimum Gasteiger partial charge on any atom is -0.481 e. The number of aliphatic carboxylic acids is 2. The highest BCUT2D eigenvalue weighted by atomic mass is 16.4. The average Bonchev–Trinajstić information content (AvgIpc) is 2.66. The number of carbonyl (C=O) groups is 7. The third kappa shape index (κ3) is 11.4. The van der Waals surface area contributed by atoms with Crippen LogP contribution in [0.15, 0.2) is 0 Å². The third-order valence-corrected chi connectivity index (χ3v) is 4.30. The summed E-state index contributed by atoms with van der Waals surface area (Å²) in [7, 11) is 0. The van der Waals surface area contributed by atoms with Crippen LogP contribution >= 0.6 is 0 Å². The van der Waals surface area contributed by atoms with E-state index in [1.807, 2.05) is 5.32 Å². The SMILES string of the molecule is CC(C)C(NC(=O)C(N)CC(N)=O)C(=O)NC(CC(N)=O)C(=O)NC(CCC(=O)O)C(=O)O. The monoisotopic (exact) mass is 474 g/mol. The minimum atomic E-state index is -1.61. The molecule has 5 amide bonds. The van der Waals surface area contributed by atoms with Crippen molar-refractivity contribution >= 4 is 41.5 Å². The molecule has 0 bridgehead atoms. The number of nitrogens with one attached hydrogen (secondary N) is 3. The van der Waals surface area contributed by atoms with Crippen molar-refractivity contribution in [1.29, 1.82) is 0 Å². The molecule has 186 valence electrons. The molecule has 11 N–H and O–H groups in total. The standard InChI is InChI=1S/C18H30N6O9/c1-7(2)14(24-15(29)8(19)5-11(20)25)17(31)23-10(6-12(21)26)16(30)22-9(18(32)33)3-4-13(27)28/h7-10,14H,3-6,19H2,1-2H3,(H2,20,25)(H2,21,26)(H,22,30)(H,23,31)(H,24,29)(H,27,28)(H,32,33). The summed E-state index contributed by atoms with van der Waals surface area (Å²) in [6.07, 6.45) is -2.19. The van der Waals surface area contributed by atoms with Crippen molar-refractivity contribution in [3.8, 4) is 0 Å². The minimum absolute atomic E-state index is 0.448. The summed E-state index contributed by atoms with van der Waals surface area (Å²) in [6, 6.07) is -5.79. The smallest absolute Gasteiger partial charge is 0.326 e. The van der Waals surface area contributed by atoms with Crippen LogP contribution in [0.25, 0.3) is 0 Å². The van der Waals surface area contributed by atoms with Crippen LogP contribution in [0.4, 0.5) is 0 Å². The lowest BCUT2D eigenvalue weighted by Crippen LogP contribution is -2.59. The Morgan fingerprint density at radius 2 is 1.27 bits per heavy atom. The molecule has 4 atom stereocenters. The van der Waals surface area contributed by atoms with Gasteiger partial charge in [0.2, 0.25) is 29.5 Å². The predicted octanol–water partition coefficient (Wildman–Crippen LogP) is -3.88. The Balaban J connectivity index is 5.47. The van der Waals surface area contributed by atoms with Gasteiger partial charge in [0.1, 0.15) is 18.1 Å². The van der Waals surface area contributed by atoms with Gasteiger partial charge in [-0.15, -0.1) is 0 Å². The molecule has 0 aromatic carbocycles. The highest BCUT2D eigenvalue weighted by molar-refractivity contribution is 5.96. The molecule has 0 heterocycles. The van der Waals surface area contributed by atoms with Crippen molar-refractivity contribution in [2.24, 2.45) is 23.1 Å². The van der Waals surface area contributed by atoms with E-state index in [-0.39, 0.29) is 0 Å². The van der Waals surface area contributed by atoms with Gasteiger partial charge in [0, 0.05) is 6.42 Å². The van der Waals surface area contributed by atoms with E-state index < -0.39 is 97.2 Å². The van der Waals surface area contributed by atoms with E-state index in [1.165, 1.54) is 0 Å². The maximum Gasteiger partial charge on any atom is 0.326 e. The number of amides is 5. The Morgan fingerprint density at radius 3 is 1.70 bits per heavy atom. The molecular formula is C18H30N6O9. The van der Waals surface area contributed by atoms with Crippen LogP contribution in [0.3, 0.4) is 0 Å². The fourth-order valence-electron chi connectivity index (χ4n) is 2.57. The average molecular weight is 474 g/mol. The van der Waals surface area contributed by atoms with Crippen LogP contribution in [-0.2, 0) is 33.6 Å². The van der Waals surface area contributed by atoms with Crippen molar-refractivity contribution in [2.45, 2.75) is 63.7 Å². The maximum atomic E-state index is 12.7. The van der Waals surface area contributed by atoms with Gasteiger partial charge in [-0.1, -0.05) is 13.8 Å². The molecule has 4 unspecified atom stereocenters. The summed E-state index contributed by atoms with van der Waals surface area (Å²) in [4.78, 5) is 81.7. The van der Waals surface area contributed by atoms with E-state index in [9.17, 15) is 38.7 Å². The number of hydrogen-bond donors (Lipinski definition) is 8. The summed E-state index contributed by atoms with van der Waals surface area (Å²) in [6.45, 7) is 3.11. The third-order valence-electron chi connectivity index (χ3n) is 4.30. The van der Waals surface area contributed by atoms with Gasteiger partial charge in [-0.25, -0.2) is 4.79 Å². The molecule has 0 saturated heterocycles. The maximum absolute atomic E-state index is 12.7. The molecule has 0 fully saturated rings.